The van der Waals surface area contributed by atoms with Gasteiger partial charge >= 0.3 is 0 Å². The molecule has 1 aromatic heterocycles. The molecule has 0 radical (unpaired) electrons. The van der Waals surface area contributed by atoms with Crippen molar-refractivity contribution in [3.05, 3.63) is 48.8 Å². The second kappa shape index (κ2) is 8.47. The number of hydrogen-bond donors (Lipinski definition) is 1. The normalized spacial score (nSPS) is 16.8. The quantitative estimate of drug-likeness (QED) is 0.893. The molecule has 1 aliphatic heterocycles. The third kappa shape index (κ3) is 4.39. The van der Waals surface area contributed by atoms with Gasteiger partial charge in [0.25, 0.3) is 0 Å². The molecular weight excluding hydrogens is 330 g/mol. The molecule has 1 fully saturated rings. The van der Waals surface area contributed by atoms with Gasteiger partial charge in [0.05, 0.1) is 17.8 Å². The highest BCUT2D eigenvalue weighted by Crippen LogP contribution is 2.30. The van der Waals surface area contributed by atoms with Crippen molar-refractivity contribution in [2.24, 2.45) is 5.92 Å². The summed E-state index contributed by atoms with van der Waals surface area (Å²) in [7, 11) is 0. The van der Waals surface area contributed by atoms with Crippen LogP contribution in [0.3, 0.4) is 0 Å². The molecule has 136 valence electrons. The van der Waals surface area contributed by atoms with Gasteiger partial charge in [0.2, 0.25) is 11.8 Å². The van der Waals surface area contributed by atoms with E-state index in [0.29, 0.717) is 30.2 Å². The van der Waals surface area contributed by atoms with E-state index in [-0.39, 0.29) is 17.7 Å². The molecule has 1 atom stereocenters. The van der Waals surface area contributed by atoms with Gasteiger partial charge in [-0.1, -0.05) is 19.1 Å². The Morgan fingerprint density at radius 2 is 2.12 bits per heavy atom. The summed E-state index contributed by atoms with van der Waals surface area (Å²) in [6.07, 6.45) is 5.39. The summed E-state index contributed by atoms with van der Waals surface area (Å²) in [5.41, 5.74) is 0.611. The van der Waals surface area contributed by atoms with Crippen LogP contribution in [0.4, 0.5) is 5.69 Å². The lowest BCUT2D eigenvalue weighted by molar-refractivity contribution is -0.134. The zero-order valence-electron chi connectivity index (χ0n) is 14.9. The van der Waals surface area contributed by atoms with E-state index in [1.165, 1.54) is 0 Å². The number of likely N-dealkylation sites (tertiary alicyclic amines) is 1. The summed E-state index contributed by atoms with van der Waals surface area (Å²) in [5, 5.41) is 2.96. The minimum atomic E-state index is -0.203. The zero-order valence-corrected chi connectivity index (χ0v) is 14.9. The molecule has 0 spiro atoms. The molecule has 2 heterocycles. The number of hydrogen-bond acceptors (Lipinski definition) is 4. The summed E-state index contributed by atoms with van der Waals surface area (Å²) in [4.78, 5) is 30.4. The fourth-order valence-corrected chi connectivity index (χ4v) is 3.07. The number of ether oxygens (including phenoxy) is 1. The van der Waals surface area contributed by atoms with Gasteiger partial charge in [-0.15, -0.1) is 0 Å². The van der Waals surface area contributed by atoms with Crippen molar-refractivity contribution in [3.63, 3.8) is 0 Å². The second-order valence-electron chi connectivity index (χ2n) is 6.31. The Morgan fingerprint density at radius 3 is 2.88 bits per heavy atom. The smallest absolute Gasteiger partial charge is 0.229 e. The highest BCUT2D eigenvalue weighted by molar-refractivity contribution is 5.94. The van der Waals surface area contributed by atoms with E-state index in [2.05, 4.69) is 10.3 Å². The van der Waals surface area contributed by atoms with Crippen LogP contribution in [-0.2, 0) is 9.59 Å². The molecule has 2 amide bonds. The van der Waals surface area contributed by atoms with Gasteiger partial charge < -0.3 is 15.0 Å². The topological polar surface area (TPSA) is 71.5 Å². The van der Waals surface area contributed by atoms with Crippen LogP contribution < -0.4 is 10.1 Å². The van der Waals surface area contributed by atoms with Crippen LogP contribution in [0.15, 0.2) is 48.8 Å². The number of nitrogens with one attached hydrogen (secondary N) is 1. The van der Waals surface area contributed by atoms with Crippen molar-refractivity contribution in [2.75, 3.05) is 18.4 Å². The van der Waals surface area contributed by atoms with Gasteiger partial charge in [-0.25, -0.2) is 0 Å². The maximum atomic E-state index is 12.7. The fourth-order valence-electron chi connectivity index (χ4n) is 3.07. The van der Waals surface area contributed by atoms with E-state index in [1.54, 1.807) is 41.6 Å². The molecule has 1 saturated heterocycles. The van der Waals surface area contributed by atoms with Crippen molar-refractivity contribution in [1.29, 1.82) is 0 Å². The molecule has 0 bridgehead atoms. The number of pyridine rings is 1. The van der Waals surface area contributed by atoms with Crippen LogP contribution in [0.2, 0.25) is 0 Å². The first-order chi connectivity index (χ1) is 12.7. The van der Waals surface area contributed by atoms with Crippen LogP contribution in [0, 0.1) is 5.92 Å². The largest absolute Gasteiger partial charge is 0.454 e. The zero-order chi connectivity index (χ0) is 18.4. The first kappa shape index (κ1) is 17.9. The average Bonchev–Trinajstić information content (AvgIpc) is 2.69. The van der Waals surface area contributed by atoms with E-state index in [0.717, 1.165) is 19.4 Å². The van der Waals surface area contributed by atoms with E-state index in [1.807, 2.05) is 19.1 Å². The molecule has 2 aromatic rings. The van der Waals surface area contributed by atoms with Crippen LogP contribution in [0.1, 0.15) is 26.2 Å². The first-order valence-electron chi connectivity index (χ1n) is 8.93. The Balaban J connectivity index is 1.68. The highest BCUT2D eigenvalue weighted by atomic mass is 16.5. The van der Waals surface area contributed by atoms with E-state index >= 15 is 0 Å². The maximum Gasteiger partial charge on any atom is 0.229 e. The monoisotopic (exact) mass is 353 g/mol. The van der Waals surface area contributed by atoms with Crippen LogP contribution >= 0.6 is 0 Å². The molecular formula is C20H23N3O3. The molecule has 1 aliphatic rings. The summed E-state index contributed by atoms with van der Waals surface area (Å²) >= 11 is 0. The number of para-hydroxylation sites is 2. The van der Waals surface area contributed by atoms with E-state index in [4.69, 9.17) is 4.74 Å². The molecule has 1 aromatic carbocycles. The predicted molar refractivity (Wildman–Crippen MR) is 99.0 cm³/mol. The van der Waals surface area contributed by atoms with Gasteiger partial charge in [0.15, 0.2) is 5.75 Å². The Morgan fingerprint density at radius 1 is 1.27 bits per heavy atom. The number of rotatable bonds is 5. The third-order valence-electron chi connectivity index (χ3n) is 4.45. The Hall–Kier alpha value is -2.89. The van der Waals surface area contributed by atoms with Gasteiger partial charge in [-0.2, -0.15) is 0 Å². The second-order valence-corrected chi connectivity index (χ2v) is 6.31. The molecule has 0 unspecified atom stereocenters. The molecule has 26 heavy (non-hydrogen) atoms. The number of amides is 2. The number of carbonyl (C=O) groups excluding carboxylic acids is 2. The molecule has 6 nitrogen and oxygen atoms in total. The van der Waals surface area contributed by atoms with Gasteiger partial charge in [-0.05, 0) is 37.1 Å². The first-order valence-corrected chi connectivity index (χ1v) is 8.93. The average molecular weight is 353 g/mol. The fraction of sp³-hybridized carbons (Fsp3) is 0.350. The summed E-state index contributed by atoms with van der Waals surface area (Å²) in [6.45, 7) is 3.05. The Labute approximate surface area is 153 Å². The number of aromatic nitrogens is 1. The van der Waals surface area contributed by atoms with Crippen molar-refractivity contribution in [3.8, 4) is 11.5 Å². The molecule has 0 saturated carbocycles. The minimum absolute atomic E-state index is 0.0826. The van der Waals surface area contributed by atoms with Crippen LogP contribution in [0.5, 0.6) is 11.5 Å². The molecule has 1 N–H and O–H groups in total. The predicted octanol–water partition coefficient (Wildman–Crippen LogP) is 3.46. The third-order valence-corrected chi connectivity index (χ3v) is 4.45. The Bertz CT molecular complexity index is 764. The summed E-state index contributed by atoms with van der Waals surface area (Å²) < 4.78 is 5.83. The highest BCUT2D eigenvalue weighted by Gasteiger charge is 2.28. The Kier molecular flexibility index (Phi) is 5.84. The lowest BCUT2D eigenvalue weighted by Gasteiger charge is -2.32. The molecule has 6 heteroatoms. The lowest BCUT2D eigenvalue weighted by Crippen LogP contribution is -2.43. The van der Waals surface area contributed by atoms with Crippen molar-refractivity contribution in [2.45, 2.75) is 26.2 Å². The SMILES string of the molecule is CCC(=O)N1CCC[C@H](C(=O)Nc2ccccc2Oc2cccnc2)C1. The van der Waals surface area contributed by atoms with Gasteiger partial charge in [0.1, 0.15) is 5.75 Å². The number of carbonyl (C=O) groups is 2. The lowest BCUT2D eigenvalue weighted by atomic mass is 9.96. The van der Waals surface area contributed by atoms with E-state index in [9.17, 15) is 9.59 Å². The van der Waals surface area contributed by atoms with Gasteiger partial charge in [-0.3, -0.25) is 14.6 Å². The number of anilines is 1. The summed E-state index contributed by atoms with van der Waals surface area (Å²) in [5.74, 6) is 0.979. The standard InChI is InChI=1S/C20H23N3O3/c1-2-19(24)23-12-6-7-15(14-23)20(25)22-17-9-3-4-10-18(17)26-16-8-5-11-21-13-16/h3-5,8-11,13,15H,2,6-7,12,14H2,1H3,(H,22,25)/t15-/m0/s1. The summed E-state index contributed by atoms with van der Waals surface area (Å²) in [6, 6.07) is 10.9. The van der Waals surface area contributed by atoms with Crippen LogP contribution in [0.25, 0.3) is 0 Å². The van der Waals surface area contributed by atoms with Crippen molar-refractivity contribution in [1.82, 2.24) is 9.88 Å². The van der Waals surface area contributed by atoms with Crippen molar-refractivity contribution < 1.29 is 14.3 Å². The van der Waals surface area contributed by atoms with Crippen molar-refractivity contribution >= 4 is 17.5 Å². The molecule has 0 aliphatic carbocycles. The van der Waals surface area contributed by atoms with Crippen LogP contribution in [-0.4, -0.2) is 34.8 Å². The van der Waals surface area contributed by atoms with Gasteiger partial charge in [0, 0.05) is 25.7 Å². The van der Waals surface area contributed by atoms with E-state index < -0.39 is 0 Å². The minimum Gasteiger partial charge on any atom is -0.454 e. The number of nitrogens with zero attached hydrogens (tertiary/aromatic N) is 2. The molecule has 3 rings (SSSR count). The maximum absolute atomic E-state index is 12.7. The number of piperidine rings is 1. The number of benzene rings is 1.